The Hall–Kier alpha value is -2.69. The fourth-order valence-electron chi connectivity index (χ4n) is 1.92. The van der Waals surface area contributed by atoms with E-state index in [4.69, 9.17) is 9.47 Å². The molecule has 0 bridgehead atoms. The molecule has 0 heterocycles. The van der Waals surface area contributed by atoms with E-state index in [1.54, 1.807) is 36.4 Å². The lowest BCUT2D eigenvalue weighted by atomic mass is 10.1. The number of benzene rings is 2. The van der Waals surface area contributed by atoms with Gasteiger partial charge in [0.05, 0.1) is 19.9 Å². The van der Waals surface area contributed by atoms with Gasteiger partial charge in [0, 0.05) is 5.56 Å². The van der Waals surface area contributed by atoms with Crippen LogP contribution < -0.4 is 14.8 Å². The average Bonchev–Trinajstić information content (AvgIpc) is 2.50. The predicted octanol–water partition coefficient (Wildman–Crippen LogP) is 2.97. The van der Waals surface area contributed by atoms with E-state index in [-0.39, 0.29) is 11.7 Å². The van der Waals surface area contributed by atoms with E-state index in [1.807, 2.05) is 6.92 Å². The van der Waals surface area contributed by atoms with E-state index < -0.39 is 0 Å². The number of methoxy groups -OCH3 is 2. The van der Waals surface area contributed by atoms with Crippen LogP contribution in [0.4, 0.5) is 5.69 Å². The number of ether oxygens (including phenoxy) is 2. The summed E-state index contributed by atoms with van der Waals surface area (Å²) in [5.41, 5.74) is 1.72. The second kappa shape index (κ2) is 6.17. The number of nitrogens with one attached hydrogen (secondary N) is 1. The lowest BCUT2D eigenvalue weighted by molar-refractivity contribution is 0.102. The standard InChI is InChI=1S/C16H17NO4/c1-10-4-6-13(18)12(8-10)17-16(19)11-5-7-14(20-2)15(9-11)21-3/h4-9,18H,1-3H3,(H,17,19). The van der Waals surface area contributed by atoms with E-state index in [0.29, 0.717) is 22.7 Å². The van der Waals surface area contributed by atoms with Crippen LogP contribution in [-0.2, 0) is 0 Å². The van der Waals surface area contributed by atoms with Gasteiger partial charge in [-0.05, 0) is 42.8 Å². The van der Waals surface area contributed by atoms with E-state index in [1.165, 1.54) is 14.2 Å². The first-order valence-corrected chi connectivity index (χ1v) is 6.38. The Balaban J connectivity index is 2.26. The number of carbonyl (C=O) groups excluding carboxylic acids is 1. The number of carbonyl (C=O) groups is 1. The third kappa shape index (κ3) is 3.25. The number of rotatable bonds is 4. The van der Waals surface area contributed by atoms with Gasteiger partial charge in [-0.15, -0.1) is 0 Å². The van der Waals surface area contributed by atoms with Crippen LogP contribution in [0, 0.1) is 6.92 Å². The number of phenolic OH excluding ortho intramolecular Hbond substituents is 1. The van der Waals surface area contributed by atoms with Crippen molar-refractivity contribution in [1.82, 2.24) is 0 Å². The maximum absolute atomic E-state index is 12.2. The van der Waals surface area contributed by atoms with Gasteiger partial charge in [0.25, 0.3) is 5.91 Å². The summed E-state index contributed by atoms with van der Waals surface area (Å²) in [4.78, 5) is 12.2. The minimum Gasteiger partial charge on any atom is -0.506 e. The second-order valence-corrected chi connectivity index (χ2v) is 4.54. The number of hydrogen-bond acceptors (Lipinski definition) is 4. The van der Waals surface area contributed by atoms with Gasteiger partial charge in [-0.2, -0.15) is 0 Å². The summed E-state index contributed by atoms with van der Waals surface area (Å²) in [6, 6.07) is 9.88. The molecule has 0 radical (unpaired) electrons. The molecule has 2 aromatic rings. The number of phenols is 1. The van der Waals surface area contributed by atoms with Crippen LogP contribution in [-0.4, -0.2) is 25.2 Å². The quantitative estimate of drug-likeness (QED) is 0.848. The lowest BCUT2D eigenvalue weighted by Gasteiger charge is -2.11. The van der Waals surface area contributed by atoms with Crippen LogP contribution in [0.25, 0.3) is 0 Å². The normalized spacial score (nSPS) is 10.0. The highest BCUT2D eigenvalue weighted by Gasteiger charge is 2.12. The monoisotopic (exact) mass is 287 g/mol. The van der Waals surface area contributed by atoms with Gasteiger partial charge in [-0.3, -0.25) is 4.79 Å². The van der Waals surface area contributed by atoms with Crippen molar-refractivity contribution in [3.8, 4) is 17.2 Å². The zero-order chi connectivity index (χ0) is 15.4. The number of aromatic hydroxyl groups is 1. The van der Waals surface area contributed by atoms with Crippen LogP contribution in [0.2, 0.25) is 0 Å². The highest BCUT2D eigenvalue weighted by molar-refractivity contribution is 6.05. The molecule has 0 aromatic heterocycles. The first-order chi connectivity index (χ1) is 10.0. The van der Waals surface area contributed by atoms with Gasteiger partial charge in [0.15, 0.2) is 11.5 Å². The minimum absolute atomic E-state index is 0.0226. The molecule has 0 aliphatic rings. The Kier molecular flexibility index (Phi) is 4.33. The molecule has 0 spiro atoms. The third-order valence-electron chi connectivity index (χ3n) is 3.05. The van der Waals surface area contributed by atoms with Gasteiger partial charge in [-0.1, -0.05) is 6.07 Å². The minimum atomic E-state index is -0.336. The topological polar surface area (TPSA) is 67.8 Å². The maximum atomic E-state index is 12.2. The van der Waals surface area contributed by atoms with Gasteiger partial charge in [0.2, 0.25) is 0 Å². The largest absolute Gasteiger partial charge is 0.506 e. The second-order valence-electron chi connectivity index (χ2n) is 4.54. The molecule has 0 aliphatic heterocycles. The van der Waals surface area contributed by atoms with E-state index in [9.17, 15) is 9.90 Å². The molecule has 0 saturated heterocycles. The van der Waals surface area contributed by atoms with Crippen molar-refractivity contribution in [2.45, 2.75) is 6.92 Å². The van der Waals surface area contributed by atoms with Gasteiger partial charge in [-0.25, -0.2) is 0 Å². The fourth-order valence-corrected chi connectivity index (χ4v) is 1.92. The molecule has 0 unspecified atom stereocenters. The Bertz CT molecular complexity index is 667. The zero-order valence-corrected chi connectivity index (χ0v) is 12.1. The molecular weight excluding hydrogens is 270 g/mol. The first kappa shape index (κ1) is 14.7. The first-order valence-electron chi connectivity index (χ1n) is 6.38. The molecule has 5 heteroatoms. The molecule has 2 rings (SSSR count). The molecule has 5 nitrogen and oxygen atoms in total. The van der Waals surface area contributed by atoms with Crippen LogP contribution >= 0.6 is 0 Å². The zero-order valence-electron chi connectivity index (χ0n) is 12.1. The Labute approximate surface area is 123 Å². The smallest absolute Gasteiger partial charge is 0.255 e. The Morgan fingerprint density at radius 2 is 1.76 bits per heavy atom. The van der Waals surface area contributed by atoms with E-state index >= 15 is 0 Å². The summed E-state index contributed by atoms with van der Waals surface area (Å²) in [5.74, 6) is 0.706. The molecule has 21 heavy (non-hydrogen) atoms. The van der Waals surface area contributed by atoms with Crippen molar-refractivity contribution in [2.75, 3.05) is 19.5 Å². The summed E-state index contributed by atoms with van der Waals surface area (Å²) in [7, 11) is 3.04. The third-order valence-corrected chi connectivity index (χ3v) is 3.05. The molecule has 2 aromatic carbocycles. The summed E-state index contributed by atoms with van der Waals surface area (Å²) in [5, 5.41) is 12.4. The van der Waals surface area contributed by atoms with Gasteiger partial charge >= 0.3 is 0 Å². The molecule has 0 fully saturated rings. The summed E-state index contributed by atoms with van der Waals surface area (Å²) >= 11 is 0. The molecule has 2 N–H and O–H groups in total. The Morgan fingerprint density at radius 1 is 1.05 bits per heavy atom. The molecule has 0 atom stereocenters. The van der Waals surface area contributed by atoms with Crippen LogP contribution in [0.3, 0.4) is 0 Å². The van der Waals surface area contributed by atoms with E-state index in [0.717, 1.165) is 5.56 Å². The van der Waals surface area contributed by atoms with Crippen molar-refractivity contribution < 1.29 is 19.4 Å². The van der Waals surface area contributed by atoms with Crippen molar-refractivity contribution in [2.24, 2.45) is 0 Å². The fraction of sp³-hybridized carbons (Fsp3) is 0.188. The maximum Gasteiger partial charge on any atom is 0.255 e. The molecule has 110 valence electrons. The van der Waals surface area contributed by atoms with Crippen LogP contribution in [0.15, 0.2) is 36.4 Å². The highest BCUT2D eigenvalue weighted by atomic mass is 16.5. The average molecular weight is 287 g/mol. The molecule has 1 amide bonds. The van der Waals surface area contributed by atoms with Gasteiger partial charge in [0.1, 0.15) is 5.75 Å². The number of aryl methyl sites for hydroxylation is 1. The van der Waals surface area contributed by atoms with Crippen molar-refractivity contribution in [3.63, 3.8) is 0 Å². The number of anilines is 1. The number of hydrogen-bond donors (Lipinski definition) is 2. The summed E-state index contributed by atoms with van der Waals surface area (Å²) in [6.45, 7) is 1.88. The predicted molar refractivity (Wildman–Crippen MR) is 80.3 cm³/mol. The van der Waals surface area contributed by atoms with Crippen LogP contribution in [0.1, 0.15) is 15.9 Å². The van der Waals surface area contributed by atoms with Crippen molar-refractivity contribution >= 4 is 11.6 Å². The summed E-state index contributed by atoms with van der Waals surface area (Å²) in [6.07, 6.45) is 0. The SMILES string of the molecule is COc1ccc(C(=O)Nc2cc(C)ccc2O)cc1OC. The van der Waals surface area contributed by atoms with Crippen molar-refractivity contribution in [1.29, 1.82) is 0 Å². The van der Waals surface area contributed by atoms with E-state index in [2.05, 4.69) is 5.32 Å². The number of amides is 1. The van der Waals surface area contributed by atoms with Crippen LogP contribution in [0.5, 0.6) is 17.2 Å². The molecular formula is C16H17NO4. The highest BCUT2D eigenvalue weighted by Crippen LogP contribution is 2.29. The lowest BCUT2D eigenvalue weighted by Crippen LogP contribution is -2.12. The summed E-state index contributed by atoms with van der Waals surface area (Å²) < 4.78 is 10.3. The molecule has 0 saturated carbocycles. The van der Waals surface area contributed by atoms with Crippen molar-refractivity contribution in [3.05, 3.63) is 47.5 Å². The Morgan fingerprint density at radius 3 is 2.43 bits per heavy atom. The molecule has 0 aliphatic carbocycles. The van der Waals surface area contributed by atoms with Gasteiger partial charge < -0.3 is 19.9 Å².